The van der Waals surface area contributed by atoms with Gasteiger partial charge in [-0.1, -0.05) is 0 Å². The number of hydrogen-bond acceptors (Lipinski definition) is 3. The van der Waals surface area contributed by atoms with Crippen LogP contribution in [0.25, 0.3) is 0 Å². The Morgan fingerprint density at radius 2 is 2.31 bits per heavy atom. The molecule has 0 aromatic heterocycles. The van der Waals surface area contributed by atoms with Gasteiger partial charge >= 0.3 is 0 Å². The van der Waals surface area contributed by atoms with Crippen LogP contribution in [-0.2, 0) is 9.53 Å². The third kappa shape index (κ3) is 8.02. The molecule has 1 atom stereocenters. The van der Waals surface area contributed by atoms with Crippen LogP contribution in [0.4, 0.5) is 0 Å². The smallest absolute Gasteiger partial charge is 0.237 e. The fraction of sp³-hybridized carbons (Fsp3) is 0.875. The molecule has 13 heavy (non-hydrogen) atoms. The van der Waals surface area contributed by atoms with Crippen molar-refractivity contribution in [1.29, 1.82) is 0 Å². The summed E-state index contributed by atoms with van der Waals surface area (Å²) >= 11 is 5.51. The molecule has 0 saturated heterocycles. The Morgan fingerprint density at radius 3 is 2.85 bits per heavy atom. The lowest BCUT2D eigenvalue weighted by atomic mass is 10.4. The second kappa shape index (κ2) is 8.29. The van der Waals surface area contributed by atoms with E-state index in [4.69, 9.17) is 21.4 Å². The number of carbonyl (C=O) groups excluding carboxylic acids is 1. The molecule has 0 aliphatic rings. The van der Waals surface area contributed by atoms with E-state index in [9.17, 15) is 4.79 Å². The van der Waals surface area contributed by atoms with Crippen molar-refractivity contribution in [3.8, 4) is 0 Å². The minimum absolute atomic E-state index is 0.0328. The van der Waals surface area contributed by atoms with Crippen LogP contribution in [0.3, 0.4) is 0 Å². The third-order valence-electron chi connectivity index (χ3n) is 1.36. The molecule has 78 valence electrons. The SMILES string of the molecule is CC(Cl)C(=O)NCCCOCCO. The molecule has 0 aliphatic heterocycles. The molecule has 0 spiro atoms. The molecule has 0 aliphatic carbocycles. The van der Waals surface area contributed by atoms with E-state index < -0.39 is 5.38 Å². The van der Waals surface area contributed by atoms with Crippen molar-refractivity contribution in [2.24, 2.45) is 0 Å². The van der Waals surface area contributed by atoms with Crippen LogP contribution in [0, 0.1) is 0 Å². The Balaban J connectivity index is 3.12. The lowest BCUT2D eigenvalue weighted by molar-refractivity contribution is -0.120. The Hall–Kier alpha value is -0.320. The van der Waals surface area contributed by atoms with Gasteiger partial charge in [0.1, 0.15) is 5.38 Å². The molecule has 0 aromatic carbocycles. The van der Waals surface area contributed by atoms with Crippen LogP contribution in [0.1, 0.15) is 13.3 Å². The highest BCUT2D eigenvalue weighted by atomic mass is 35.5. The highest BCUT2D eigenvalue weighted by Crippen LogP contribution is 1.92. The maximum atomic E-state index is 10.9. The van der Waals surface area contributed by atoms with Crippen LogP contribution in [-0.4, -0.2) is 42.8 Å². The summed E-state index contributed by atoms with van der Waals surface area (Å²) < 4.78 is 4.99. The molecule has 2 N–H and O–H groups in total. The molecule has 0 rings (SSSR count). The fourth-order valence-corrected chi connectivity index (χ4v) is 0.770. The van der Waals surface area contributed by atoms with Crippen molar-refractivity contribution >= 4 is 17.5 Å². The normalized spacial score (nSPS) is 12.5. The number of alkyl halides is 1. The number of amides is 1. The van der Waals surface area contributed by atoms with Crippen LogP contribution in [0.15, 0.2) is 0 Å². The second-order valence-electron chi connectivity index (χ2n) is 2.60. The van der Waals surface area contributed by atoms with Crippen molar-refractivity contribution in [1.82, 2.24) is 5.32 Å². The van der Waals surface area contributed by atoms with Gasteiger partial charge in [0.15, 0.2) is 0 Å². The van der Waals surface area contributed by atoms with Gasteiger partial charge in [0.2, 0.25) is 5.91 Å². The highest BCUT2D eigenvalue weighted by Gasteiger charge is 2.06. The van der Waals surface area contributed by atoms with Crippen LogP contribution < -0.4 is 5.32 Å². The Labute approximate surface area is 83.2 Å². The number of carbonyl (C=O) groups is 1. The first kappa shape index (κ1) is 12.7. The number of hydrogen-bond donors (Lipinski definition) is 2. The van der Waals surface area contributed by atoms with Gasteiger partial charge in [0.25, 0.3) is 0 Å². The Morgan fingerprint density at radius 1 is 1.62 bits per heavy atom. The van der Waals surface area contributed by atoms with E-state index in [1.54, 1.807) is 6.92 Å². The van der Waals surface area contributed by atoms with Gasteiger partial charge in [-0.05, 0) is 13.3 Å². The van der Waals surface area contributed by atoms with Crippen molar-refractivity contribution in [2.75, 3.05) is 26.4 Å². The van der Waals surface area contributed by atoms with Gasteiger partial charge in [0, 0.05) is 13.2 Å². The van der Waals surface area contributed by atoms with Crippen LogP contribution in [0.2, 0.25) is 0 Å². The highest BCUT2D eigenvalue weighted by molar-refractivity contribution is 6.30. The lowest BCUT2D eigenvalue weighted by Gasteiger charge is -2.06. The Bertz CT molecular complexity index is 141. The summed E-state index contributed by atoms with van der Waals surface area (Å²) in [5.74, 6) is -0.163. The van der Waals surface area contributed by atoms with Gasteiger partial charge in [-0.3, -0.25) is 4.79 Å². The van der Waals surface area contributed by atoms with E-state index in [1.165, 1.54) is 0 Å². The van der Waals surface area contributed by atoms with Crippen molar-refractivity contribution in [3.05, 3.63) is 0 Å². The molecule has 0 aromatic rings. The fourth-order valence-electron chi connectivity index (χ4n) is 0.693. The predicted octanol–water partition coefficient (Wildman–Crippen LogP) is 0.129. The average Bonchev–Trinajstić information content (AvgIpc) is 2.10. The summed E-state index contributed by atoms with van der Waals surface area (Å²) in [5, 5.41) is 10.5. The summed E-state index contributed by atoms with van der Waals surface area (Å²) in [6.45, 7) is 3.10. The molecule has 1 amide bonds. The molecule has 0 fully saturated rings. The first-order valence-electron chi connectivity index (χ1n) is 4.29. The standard InChI is InChI=1S/C8H16ClNO3/c1-7(9)8(12)10-3-2-5-13-6-4-11/h7,11H,2-6H2,1H3,(H,10,12). The van der Waals surface area contributed by atoms with Gasteiger partial charge in [-0.15, -0.1) is 11.6 Å². The number of aliphatic hydroxyl groups is 1. The first-order valence-corrected chi connectivity index (χ1v) is 4.72. The average molecular weight is 210 g/mol. The first-order chi connectivity index (χ1) is 6.18. The quantitative estimate of drug-likeness (QED) is 0.463. The largest absolute Gasteiger partial charge is 0.394 e. The number of halogens is 1. The minimum Gasteiger partial charge on any atom is -0.394 e. The predicted molar refractivity (Wildman–Crippen MR) is 50.8 cm³/mol. The van der Waals surface area contributed by atoms with Crippen molar-refractivity contribution in [3.63, 3.8) is 0 Å². The van der Waals surface area contributed by atoms with Crippen molar-refractivity contribution < 1.29 is 14.6 Å². The topological polar surface area (TPSA) is 58.6 Å². The van der Waals surface area contributed by atoms with Gasteiger partial charge in [-0.25, -0.2) is 0 Å². The summed E-state index contributed by atoms with van der Waals surface area (Å²) in [6.07, 6.45) is 0.731. The molecule has 0 radical (unpaired) electrons. The van der Waals surface area contributed by atoms with Crippen molar-refractivity contribution in [2.45, 2.75) is 18.7 Å². The third-order valence-corrected chi connectivity index (χ3v) is 1.56. The Kier molecular flexibility index (Phi) is 8.08. The number of aliphatic hydroxyl groups excluding tert-OH is 1. The number of ether oxygens (including phenoxy) is 1. The van der Waals surface area contributed by atoms with E-state index in [1.807, 2.05) is 0 Å². The molecule has 4 nitrogen and oxygen atoms in total. The maximum absolute atomic E-state index is 10.9. The molecule has 1 unspecified atom stereocenters. The zero-order valence-corrected chi connectivity index (χ0v) is 8.51. The van der Waals surface area contributed by atoms with Crippen LogP contribution >= 0.6 is 11.6 Å². The van der Waals surface area contributed by atoms with E-state index in [0.717, 1.165) is 6.42 Å². The van der Waals surface area contributed by atoms with E-state index in [0.29, 0.717) is 19.8 Å². The minimum atomic E-state index is -0.488. The monoisotopic (exact) mass is 209 g/mol. The second-order valence-corrected chi connectivity index (χ2v) is 3.25. The zero-order chi connectivity index (χ0) is 10.1. The van der Waals surface area contributed by atoms with Gasteiger partial charge in [0.05, 0.1) is 13.2 Å². The molecular weight excluding hydrogens is 194 g/mol. The van der Waals surface area contributed by atoms with Gasteiger partial charge < -0.3 is 15.2 Å². The van der Waals surface area contributed by atoms with E-state index in [-0.39, 0.29) is 12.5 Å². The van der Waals surface area contributed by atoms with Crippen LogP contribution in [0.5, 0.6) is 0 Å². The number of rotatable bonds is 7. The molecular formula is C8H16ClNO3. The number of nitrogens with one attached hydrogen (secondary N) is 1. The summed E-state index contributed by atoms with van der Waals surface area (Å²) in [5.41, 5.74) is 0. The molecule has 0 heterocycles. The molecule has 0 saturated carbocycles. The summed E-state index contributed by atoms with van der Waals surface area (Å²) in [6, 6.07) is 0. The van der Waals surface area contributed by atoms with E-state index >= 15 is 0 Å². The van der Waals surface area contributed by atoms with E-state index in [2.05, 4.69) is 5.32 Å². The maximum Gasteiger partial charge on any atom is 0.237 e. The zero-order valence-electron chi connectivity index (χ0n) is 7.75. The summed E-state index contributed by atoms with van der Waals surface area (Å²) in [7, 11) is 0. The molecule has 0 bridgehead atoms. The lowest BCUT2D eigenvalue weighted by Crippen LogP contribution is -2.30. The van der Waals surface area contributed by atoms with Gasteiger partial charge in [-0.2, -0.15) is 0 Å². The molecule has 5 heteroatoms. The summed E-state index contributed by atoms with van der Waals surface area (Å²) in [4.78, 5) is 10.9.